The first-order chi connectivity index (χ1) is 10.5. The van der Waals surface area contributed by atoms with Crippen molar-refractivity contribution in [2.24, 2.45) is 11.8 Å². The van der Waals surface area contributed by atoms with E-state index in [4.69, 9.17) is 0 Å². The maximum Gasteiger partial charge on any atom is 0.272 e. The molecule has 2 amide bonds. The van der Waals surface area contributed by atoms with Gasteiger partial charge in [0.25, 0.3) is 5.91 Å². The largest absolute Gasteiger partial charge is 0.302 e. The molecule has 5 nitrogen and oxygen atoms in total. The number of carbonyl (C=O) groups excluding carboxylic acids is 2. The predicted octanol–water partition coefficient (Wildman–Crippen LogP) is 1.56. The molecule has 1 aromatic rings. The van der Waals surface area contributed by atoms with Crippen molar-refractivity contribution in [3.8, 4) is 0 Å². The summed E-state index contributed by atoms with van der Waals surface area (Å²) in [6.45, 7) is 6.83. The minimum atomic E-state index is -0.650. The van der Waals surface area contributed by atoms with E-state index in [0.717, 1.165) is 19.5 Å². The van der Waals surface area contributed by atoms with Crippen LogP contribution in [-0.4, -0.2) is 36.3 Å². The number of benzene rings is 1. The molecule has 0 spiro atoms. The zero-order chi connectivity index (χ0) is 16.1. The van der Waals surface area contributed by atoms with Crippen LogP contribution < -0.4 is 10.9 Å². The number of hydrazine groups is 1. The second-order valence-corrected chi connectivity index (χ2v) is 6.06. The van der Waals surface area contributed by atoms with Gasteiger partial charge in [-0.3, -0.25) is 20.4 Å². The lowest BCUT2D eigenvalue weighted by molar-refractivity contribution is -0.125. The van der Waals surface area contributed by atoms with Crippen LogP contribution in [0.15, 0.2) is 24.3 Å². The summed E-state index contributed by atoms with van der Waals surface area (Å²) in [6, 6.07) is 5.65. The Balaban J connectivity index is 1.81. The highest BCUT2D eigenvalue weighted by Gasteiger charge is 2.28. The van der Waals surface area contributed by atoms with Gasteiger partial charge in [0.05, 0.1) is 11.5 Å². The molecule has 0 aromatic heterocycles. The van der Waals surface area contributed by atoms with Crippen LogP contribution in [0.5, 0.6) is 0 Å². The predicted molar refractivity (Wildman–Crippen MR) is 81.4 cm³/mol. The first-order valence-corrected chi connectivity index (χ1v) is 7.54. The Hall–Kier alpha value is -1.95. The molecule has 1 atom stereocenters. The van der Waals surface area contributed by atoms with Crippen LogP contribution in [0.1, 0.15) is 30.6 Å². The number of nitrogens with zero attached hydrogens (tertiary/aromatic N) is 1. The molecule has 2 N–H and O–H groups in total. The summed E-state index contributed by atoms with van der Waals surface area (Å²) in [5.41, 5.74) is 4.58. The quantitative estimate of drug-likeness (QED) is 0.830. The Bertz CT molecular complexity index is 548. The fraction of sp³-hybridized carbons (Fsp3) is 0.500. The number of amides is 2. The first kappa shape index (κ1) is 16.4. The molecule has 0 aliphatic carbocycles. The lowest BCUT2D eigenvalue weighted by Crippen LogP contribution is -2.45. The van der Waals surface area contributed by atoms with E-state index in [0.29, 0.717) is 12.5 Å². The van der Waals surface area contributed by atoms with E-state index < -0.39 is 11.7 Å². The Morgan fingerprint density at radius 1 is 1.32 bits per heavy atom. The molecule has 1 aromatic carbocycles. The molecule has 1 aliphatic heterocycles. The second-order valence-electron chi connectivity index (χ2n) is 6.06. The van der Waals surface area contributed by atoms with Crippen LogP contribution in [0.2, 0.25) is 0 Å². The van der Waals surface area contributed by atoms with Gasteiger partial charge in [-0.25, -0.2) is 4.39 Å². The Morgan fingerprint density at radius 2 is 2.05 bits per heavy atom. The Morgan fingerprint density at radius 3 is 2.73 bits per heavy atom. The molecule has 22 heavy (non-hydrogen) atoms. The van der Waals surface area contributed by atoms with E-state index in [1.54, 1.807) is 6.07 Å². The van der Waals surface area contributed by atoms with Crippen molar-refractivity contribution in [3.05, 3.63) is 35.6 Å². The lowest BCUT2D eigenvalue weighted by atomic mass is 10.1. The van der Waals surface area contributed by atoms with E-state index in [1.807, 2.05) is 0 Å². The summed E-state index contributed by atoms with van der Waals surface area (Å²) in [7, 11) is 0. The number of rotatable bonds is 4. The van der Waals surface area contributed by atoms with Gasteiger partial charge >= 0.3 is 0 Å². The number of carbonyl (C=O) groups is 2. The highest BCUT2D eigenvalue weighted by Crippen LogP contribution is 2.17. The molecule has 0 radical (unpaired) electrons. The van der Waals surface area contributed by atoms with Crippen molar-refractivity contribution in [3.63, 3.8) is 0 Å². The zero-order valence-corrected chi connectivity index (χ0v) is 12.9. The van der Waals surface area contributed by atoms with E-state index in [9.17, 15) is 14.0 Å². The highest BCUT2D eigenvalue weighted by molar-refractivity contribution is 5.95. The number of hydrogen-bond acceptors (Lipinski definition) is 3. The maximum absolute atomic E-state index is 13.5. The summed E-state index contributed by atoms with van der Waals surface area (Å²) in [6.07, 6.45) is 0.772. The normalized spacial score (nSPS) is 18.5. The van der Waals surface area contributed by atoms with Crippen LogP contribution in [0.3, 0.4) is 0 Å². The molecular weight excluding hydrogens is 285 g/mol. The SMILES string of the molecule is CC(C)CN1CC[C@H](C(=O)NNC(=O)c2ccccc2F)C1. The second kappa shape index (κ2) is 7.35. The third kappa shape index (κ3) is 4.27. The van der Waals surface area contributed by atoms with E-state index in [1.165, 1.54) is 18.2 Å². The van der Waals surface area contributed by atoms with E-state index in [2.05, 4.69) is 29.6 Å². The molecular formula is C16H22FN3O2. The van der Waals surface area contributed by atoms with Crippen LogP contribution in [-0.2, 0) is 4.79 Å². The zero-order valence-electron chi connectivity index (χ0n) is 12.9. The number of hydrogen-bond donors (Lipinski definition) is 2. The van der Waals surface area contributed by atoms with E-state index >= 15 is 0 Å². The monoisotopic (exact) mass is 307 g/mol. The summed E-state index contributed by atoms with van der Waals surface area (Å²) in [5, 5.41) is 0. The molecule has 1 heterocycles. The van der Waals surface area contributed by atoms with E-state index in [-0.39, 0.29) is 17.4 Å². The molecule has 1 saturated heterocycles. The molecule has 120 valence electrons. The summed E-state index contributed by atoms with van der Waals surface area (Å²) < 4.78 is 13.5. The third-order valence-electron chi connectivity index (χ3n) is 3.68. The van der Waals surface area contributed by atoms with Gasteiger partial charge in [-0.05, 0) is 31.0 Å². The van der Waals surface area contributed by atoms with Crippen LogP contribution >= 0.6 is 0 Å². The van der Waals surface area contributed by atoms with Crippen LogP contribution in [0, 0.1) is 17.7 Å². The molecule has 2 rings (SSSR count). The van der Waals surface area contributed by atoms with Crippen molar-refractivity contribution in [2.75, 3.05) is 19.6 Å². The van der Waals surface area contributed by atoms with Crippen molar-refractivity contribution in [1.29, 1.82) is 0 Å². The van der Waals surface area contributed by atoms with Crippen LogP contribution in [0.4, 0.5) is 4.39 Å². The number of nitrogens with one attached hydrogen (secondary N) is 2. The molecule has 1 aliphatic rings. The molecule has 6 heteroatoms. The van der Waals surface area contributed by atoms with Crippen molar-refractivity contribution >= 4 is 11.8 Å². The fourth-order valence-electron chi connectivity index (χ4n) is 2.66. The molecule has 1 fully saturated rings. The third-order valence-corrected chi connectivity index (χ3v) is 3.68. The van der Waals surface area contributed by atoms with Gasteiger partial charge in [0.15, 0.2) is 0 Å². The van der Waals surface area contributed by atoms with Gasteiger partial charge in [0, 0.05) is 13.1 Å². The average Bonchev–Trinajstić information content (AvgIpc) is 2.92. The van der Waals surface area contributed by atoms with Crippen molar-refractivity contribution < 1.29 is 14.0 Å². The summed E-state index contributed by atoms with van der Waals surface area (Å²) in [4.78, 5) is 26.1. The van der Waals surface area contributed by atoms with Gasteiger partial charge in [-0.15, -0.1) is 0 Å². The Kier molecular flexibility index (Phi) is 5.49. The maximum atomic E-state index is 13.5. The van der Waals surface area contributed by atoms with Gasteiger partial charge in [0.2, 0.25) is 5.91 Å². The molecule has 0 bridgehead atoms. The van der Waals surface area contributed by atoms with Gasteiger partial charge in [-0.2, -0.15) is 0 Å². The summed E-state index contributed by atoms with van der Waals surface area (Å²) in [5.74, 6) is -1.07. The topological polar surface area (TPSA) is 61.4 Å². The molecule has 0 saturated carbocycles. The number of halogens is 1. The van der Waals surface area contributed by atoms with Crippen LogP contribution in [0.25, 0.3) is 0 Å². The van der Waals surface area contributed by atoms with Crippen molar-refractivity contribution in [1.82, 2.24) is 15.8 Å². The first-order valence-electron chi connectivity index (χ1n) is 7.54. The average molecular weight is 307 g/mol. The number of likely N-dealkylation sites (tertiary alicyclic amines) is 1. The lowest BCUT2D eigenvalue weighted by Gasteiger charge is -2.18. The van der Waals surface area contributed by atoms with Crippen molar-refractivity contribution in [2.45, 2.75) is 20.3 Å². The minimum absolute atomic E-state index is 0.0874. The standard InChI is InChI=1S/C16H22FN3O2/c1-11(2)9-20-8-7-12(10-20)15(21)18-19-16(22)13-5-3-4-6-14(13)17/h3-6,11-12H,7-10H2,1-2H3,(H,18,21)(H,19,22)/t12-/m0/s1. The van der Waals surface area contributed by atoms with Gasteiger partial charge in [0.1, 0.15) is 5.82 Å². The smallest absolute Gasteiger partial charge is 0.272 e. The fourth-order valence-corrected chi connectivity index (χ4v) is 2.66. The highest BCUT2D eigenvalue weighted by atomic mass is 19.1. The van der Waals surface area contributed by atoms with Gasteiger partial charge < -0.3 is 4.90 Å². The minimum Gasteiger partial charge on any atom is -0.302 e. The van der Waals surface area contributed by atoms with Gasteiger partial charge in [-0.1, -0.05) is 26.0 Å². The Labute approximate surface area is 129 Å². The molecule has 0 unspecified atom stereocenters. The summed E-state index contributed by atoms with van der Waals surface area (Å²) >= 11 is 0.